The van der Waals surface area contributed by atoms with Gasteiger partial charge in [0, 0.05) is 49.9 Å². The lowest BCUT2D eigenvalue weighted by Gasteiger charge is -2.35. The number of piperazine rings is 1. The molecule has 4 rings (SSSR count). The Morgan fingerprint density at radius 3 is 2.57 bits per heavy atom. The summed E-state index contributed by atoms with van der Waals surface area (Å²) in [6, 6.07) is 16.0. The molecule has 2 aliphatic heterocycles. The fraction of sp³-hybridized carbons (Fsp3) is 0.417. The summed E-state index contributed by atoms with van der Waals surface area (Å²) in [4.78, 5) is 28.8. The van der Waals surface area contributed by atoms with Crippen LogP contribution in [-0.4, -0.2) is 54.3 Å². The molecular formula is C24H30N4O2. The molecule has 0 saturated carbocycles. The molecule has 2 heterocycles. The summed E-state index contributed by atoms with van der Waals surface area (Å²) >= 11 is 0. The van der Waals surface area contributed by atoms with Crippen molar-refractivity contribution in [3.05, 3.63) is 65.2 Å². The SMILES string of the molecule is NC(CCCN1CCN(C(=O)c2ccc3c(c2)CCC(=O)N3)CC1)c1ccccc1. The molecule has 0 bridgehead atoms. The third-order valence-electron chi connectivity index (χ3n) is 6.12. The number of nitrogens with two attached hydrogens (primary N) is 1. The Balaban J connectivity index is 1.23. The number of rotatable bonds is 6. The van der Waals surface area contributed by atoms with Crippen LogP contribution >= 0.6 is 0 Å². The molecule has 6 nitrogen and oxygen atoms in total. The van der Waals surface area contributed by atoms with Crippen LogP contribution in [0.4, 0.5) is 5.69 Å². The number of benzene rings is 2. The van der Waals surface area contributed by atoms with Crippen LogP contribution < -0.4 is 11.1 Å². The van der Waals surface area contributed by atoms with E-state index < -0.39 is 0 Å². The second-order valence-corrected chi connectivity index (χ2v) is 8.21. The van der Waals surface area contributed by atoms with Gasteiger partial charge in [-0.25, -0.2) is 0 Å². The highest BCUT2D eigenvalue weighted by molar-refractivity contribution is 5.98. The Labute approximate surface area is 178 Å². The number of carbonyl (C=O) groups is 2. The van der Waals surface area contributed by atoms with Gasteiger partial charge in [-0.15, -0.1) is 0 Å². The molecule has 30 heavy (non-hydrogen) atoms. The van der Waals surface area contributed by atoms with Crippen molar-refractivity contribution in [1.29, 1.82) is 0 Å². The minimum Gasteiger partial charge on any atom is -0.336 e. The van der Waals surface area contributed by atoms with E-state index in [0.717, 1.165) is 56.8 Å². The number of nitrogens with zero attached hydrogens (tertiary/aromatic N) is 2. The van der Waals surface area contributed by atoms with E-state index in [0.29, 0.717) is 18.4 Å². The van der Waals surface area contributed by atoms with Crippen molar-refractivity contribution in [2.75, 3.05) is 38.0 Å². The molecule has 2 amide bonds. The maximum atomic E-state index is 12.9. The lowest BCUT2D eigenvalue weighted by Crippen LogP contribution is -2.48. The molecule has 0 aliphatic carbocycles. The molecule has 6 heteroatoms. The predicted molar refractivity (Wildman–Crippen MR) is 118 cm³/mol. The quantitative estimate of drug-likeness (QED) is 0.773. The number of carbonyl (C=O) groups excluding carboxylic acids is 2. The van der Waals surface area contributed by atoms with Gasteiger partial charge in [0.1, 0.15) is 0 Å². The van der Waals surface area contributed by atoms with E-state index >= 15 is 0 Å². The van der Waals surface area contributed by atoms with Crippen molar-refractivity contribution in [2.45, 2.75) is 31.7 Å². The molecule has 2 aromatic carbocycles. The Morgan fingerprint density at radius 1 is 1.03 bits per heavy atom. The van der Waals surface area contributed by atoms with E-state index in [1.54, 1.807) is 0 Å². The van der Waals surface area contributed by atoms with Crippen LogP contribution in [0, 0.1) is 0 Å². The first-order chi connectivity index (χ1) is 14.6. The predicted octanol–water partition coefficient (Wildman–Crippen LogP) is 2.81. The van der Waals surface area contributed by atoms with Crippen molar-refractivity contribution in [2.24, 2.45) is 5.73 Å². The first kappa shape index (κ1) is 20.6. The molecule has 1 saturated heterocycles. The maximum absolute atomic E-state index is 12.9. The van der Waals surface area contributed by atoms with Crippen molar-refractivity contribution in [3.8, 4) is 0 Å². The van der Waals surface area contributed by atoms with Crippen molar-refractivity contribution in [1.82, 2.24) is 9.80 Å². The largest absolute Gasteiger partial charge is 0.336 e. The summed E-state index contributed by atoms with van der Waals surface area (Å²) in [6.07, 6.45) is 3.20. The number of hydrogen-bond acceptors (Lipinski definition) is 4. The van der Waals surface area contributed by atoms with E-state index in [-0.39, 0.29) is 17.9 Å². The zero-order chi connectivity index (χ0) is 20.9. The van der Waals surface area contributed by atoms with Gasteiger partial charge in [-0.05, 0) is 55.1 Å². The van der Waals surface area contributed by atoms with Gasteiger partial charge in [0.25, 0.3) is 5.91 Å². The molecule has 3 N–H and O–H groups in total. The second kappa shape index (κ2) is 9.41. The average Bonchev–Trinajstić information content (AvgIpc) is 2.79. The highest BCUT2D eigenvalue weighted by Gasteiger charge is 2.23. The zero-order valence-electron chi connectivity index (χ0n) is 17.3. The molecule has 1 atom stereocenters. The van der Waals surface area contributed by atoms with Gasteiger partial charge in [-0.2, -0.15) is 0 Å². The van der Waals surface area contributed by atoms with Crippen molar-refractivity contribution in [3.63, 3.8) is 0 Å². The summed E-state index contributed by atoms with van der Waals surface area (Å²) in [5.41, 5.74) is 10.1. The summed E-state index contributed by atoms with van der Waals surface area (Å²) in [5.74, 6) is 0.128. The number of amides is 2. The maximum Gasteiger partial charge on any atom is 0.253 e. The summed E-state index contributed by atoms with van der Waals surface area (Å²) < 4.78 is 0. The highest BCUT2D eigenvalue weighted by Crippen LogP contribution is 2.24. The van der Waals surface area contributed by atoms with E-state index in [4.69, 9.17) is 5.73 Å². The zero-order valence-corrected chi connectivity index (χ0v) is 17.3. The van der Waals surface area contributed by atoms with Crippen LogP contribution in [0.15, 0.2) is 48.5 Å². The summed E-state index contributed by atoms with van der Waals surface area (Å²) in [7, 11) is 0. The van der Waals surface area contributed by atoms with Gasteiger partial charge < -0.3 is 16.0 Å². The molecule has 2 aromatic rings. The van der Waals surface area contributed by atoms with Crippen LogP contribution in [0.2, 0.25) is 0 Å². The number of nitrogens with one attached hydrogen (secondary N) is 1. The fourth-order valence-corrected chi connectivity index (χ4v) is 4.28. The lowest BCUT2D eigenvalue weighted by molar-refractivity contribution is -0.116. The smallest absolute Gasteiger partial charge is 0.253 e. The first-order valence-electron chi connectivity index (χ1n) is 10.8. The molecule has 2 aliphatic rings. The van der Waals surface area contributed by atoms with Crippen LogP contribution in [0.1, 0.15) is 46.8 Å². The molecule has 0 aromatic heterocycles. The fourth-order valence-electron chi connectivity index (χ4n) is 4.28. The molecular weight excluding hydrogens is 376 g/mol. The first-order valence-corrected chi connectivity index (χ1v) is 10.8. The Morgan fingerprint density at radius 2 is 1.80 bits per heavy atom. The third kappa shape index (κ3) is 4.89. The minimum absolute atomic E-state index is 0.0439. The molecule has 158 valence electrons. The monoisotopic (exact) mass is 406 g/mol. The standard InChI is InChI=1S/C24H30N4O2/c25-21(18-5-2-1-3-6-18)7-4-12-27-13-15-28(16-14-27)24(30)20-8-10-22-19(17-20)9-11-23(29)26-22/h1-3,5-6,8,10,17,21H,4,7,9,11-16,25H2,(H,26,29). The second-order valence-electron chi connectivity index (χ2n) is 8.21. The van der Waals surface area contributed by atoms with Crippen molar-refractivity contribution >= 4 is 17.5 Å². The molecule has 1 unspecified atom stereocenters. The van der Waals surface area contributed by atoms with Crippen LogP contribution in [0.5, 0.6) is 0 Å². The van der Waals surface area contributed by atoms with Crippen LogP contribution in [-0.2, 0) is 11.2 Å². The Bertz CT molecular complexity index is 891. The van der Waals surface area contributed by atoms with E-state index in [1.165, 1.54) is 5.56 Å². The van der Waals surface area contributed by atoms with E-state index in [2.05, 4.69) is 22.3 Å². The van der Waals surface area contributed by atoms with Gasteiger partial charge in [0.15, 0.2) is 0 Å². The number of hydrogen-bond donors (Lipinski definition) is 2. The molecule has 1 fully saturated rings. The summed E-state index contributed by atoms with van der Waals surface area (Å²) in [6.45, 7) is 4.30. The number of anilines is 1. The van der Waals surface area contributed by atoms with Gasteiger partial charge in [-0.3, -0.25) is 14.5 Å². The van der Waals surface area contributed by atoms with Gasteiger partial charge in [0.2, 0.25) is 5.91 Å². The van der Waals surface area contributed by atoms with Crippen LogP contribution in [0.25, 0.3) is 0 Å². The Kier molecular flexibility index (Phi) is 6.45. The summed E-state index contributed by atoms with van der Waals surface area (Å²) in [5, 5.41) is 2.87. The Hall–Kier alpha value is -2.70. The number of aryl methyl sites for hydroxylation is 1. The van der Waals surface area contributed by atoms with Crippen molar-refractivity contribution < 1.29 is 9.59 Å². The average molecular weight is 407 g/mol. The highest BCUT2D eigenvalue weighted by atomic mass is 16.2. The van der Waals surface area contributed by atoms with Gasteiger partial charge in [0.05, 0.1) is 0 Å². The topological polar surface area (TPSA) is 78.7 Å². The molecule has 0 spiro atoms. The molecule has 0 radical (unpaired) electrons. The lowest BCUT2D eigenvalue weighted by atomic mass is 10.00. The normalized spacial score (nSPS) is 17.9. The van der Waals surface area contributed by atoms with E-state index in [1.807, 2.05) is 41.3 Å². The number of fused-ring (bicyclic) bond motifs is 1. The minimum atomic E-state index is 0.0439. The van der Waals surface area contributed by atoms with Gasteiger partial charge in [-0.1, -0.05) is 30.3 Å². The van der Waals surface area contributed by atoms with Gasteiger partial charge >= 0.3 is 0 Å². The van der Waals surface area contributed by atoms with E-state index in [9.17, 15) is 9.59 Å². The van der Waals surface area contributed by atoms with Crippen LogP contribution in [0.3, 0.4) is 0 Å². The third-order valence-corrected chi connectivity index (χ3v) is 6.12.